The van der Waals surface area contributed by atoms with E-state index in [1.54, 1.807) is 0 Å². The van der Waals surface area contributed by atoms with Crippen LogP contribution in [0, 0.1) is 0 Å². The Kier molecular flexibility index (Phi) is 4.13. The van der Waals surface area contributed by atoms with Crippen LogP contribution in [0.2, 0.25) is 0 Å². The molecule has 0 amide bonds. The standard InChI is InChI=1S/C14H20BrN5/c1-6-9-10(8-20(5)19-9)16-12-7-11(15)17-13(18-12)14(2,3)4/h7-8H,6H2,1-5H3,(H,16,17,18). The largest absolute Gasteiger partial charge is 0.337 e. The van der Waals surface area contributed by atoms with Gasteiger partial charge in [-0.05, 0) is 22.4 Å². The van der Waals surface area contributed by atoms with E-state index in [1.807, 2.05) is 24.0 Å². The average Bonchev–Trinajstić information content (AvgIpc) is 2.67. The second-order valence-corrected chi connectivity index (χ2v) is 6.60. The van der Waals surface area contributed by atoms with Gasteiger partial charge in [0.05, 0.1) is 11.4 Å². The molecular formula is C14H20BrN5. The van der Waals surface area contributed by atoms with Crippen molar-refractivity contribution in [3.63, 3.8) is 0 Å². The van der Waals surface area contributed by atoms with E-state index < -0.39 is 0 Å². The van der Waals surface area contributed by atoms with E-state index >= 15 is 0 Å². The number of anilines is 2. The van der Waals surface area contributed by atoms with Gasteiger partial charge >= 0.3 is 0 Å². The molecule has 0 aliphatic heterocycles. The van der Waals surface area contributed by atoms with E-state index in [-0.39, 0.29) is 5.41 Å². The zero-order valence-corrected chi connectivity index (χ0v) is 14.1. The van der Waals surface area contributed by atoms with Crippen LogP contribution in [0.15, 0.2) is 16.9 Å². The summed E-state index contributed by atoms with van der Waals surface area (Å²) in [6, 6.07) is 1.88. The van der Waals surface area contributed by atoms with Gasteiger partial charge in [-0.1, -0.05) is 27.7 Å². The molecule has 20 heavy (non-hydrogen) atoms. The van der Waals surface area contributed by atoms with Gasteiger partial charge in [0.2, 0.25) is 0 Å². The van der Waals surface area contributed by atoms with Crippen LogP contribution >= 0.6 is 15.9 Å². The highest BCUT2D eigenvalue weighted by Gasteiger charge is 2.19. The maximum Gasteiger partial charge on any atom is 0.137 e. The normalized spacial score (nSPS) is 11.7. The Labute approximate surface area is 128 Å². The summed E-state index contributed by atoms with van der Waals surface area (Å²) in [7, 11) is 1.92. The number of hydrogen-bond acceptors (Lipinski definition) is 4. The van der Waals surface area contributed by atoms with Crippen LogP contribution in [0.3, 0.4) is 0 Å². The van der Waals surface area contributed by atoms with Gasteiger partial charge in [-0.25, -0.2) is 9.97 Å². The second kappa shape index (κ2) is 5.52. The highest BCUT2D eigenvalue weighted by Crippen LogP contribution is 2.25. The maximum atomic E-state index is 4.60. The molecule has 5 nitrogen and oxygen atoms in total. The molecule has 108 valence electrons. The van der Waals surface area contributed by atoms with E-state index in [0.717, 1.165) is 34.0 Å². The third kappa shape index (κ3) is 3.36. The zero-order chi connectivity index (χ0) is 14.9. The van der Waals surface area contributed by atoms with Gasteiger partial charge in [-0.2, -0.15) is 5.10 Å². The van der Waals surface area contributed by atoms with Crippen LogP contribution in [0.4, 0.5) is 11.5 Å². The van der Waals surface area contributed by atoms with Crippen LogP contribution in [0.5, 0.6) is 0 Å². The molecule has 0 spiro atoms. The highest BCUT2D eigenvalue weighted by atomic mass is 79.9. The maximum absolute atomic E-state index is 4.60. The van der Waals surface area contributed by atoms with Crippen LogP contribution < -0.4 is 5.32 Å². The van der Waals surface area contributed by atoms with Crippen molar-refractivity contribution in [1.29, 1.82) is 0 Å². The van der Waals surface area contributed by atoms with E-state index in [0.29, 0.717) is 0 Å². The molecule has 0 fully saturated rings. The fourth-order valence-corrected chi connectivity index (χ4v) is 2.24. The Hall–Kier alpha value is -1.43. The minimum absolute atomic E-state index is 0.0945. The van der Waals surface area contributed by atoms with Crippen molar-refractivity contribution in [2.45, 2.75) is 39.5 Å². The third-order valence-electron chi connectivity index (χ3n) is 2.87. The Bertz CT molecular complexity index is 613. The smallest absolute Gasteiger partial charge is 0.137 e. The molecule has 6 heteroatoms. The molecule has 0 unspecified atom stereocenters. The number of hydrogen-bond donors (Lipinski definition) is 1. The number of rotatable bonds is 3. The van der Waals surface area contributed by atoms with Crippen molar-refractivity contribution in [1.82, 2.24) is 19.7 Å². The number of aryl methyl sites for hydroxylation is 2. The molecule has 0 atom stereocenters. The molecule has 2 rings (SSSR count). The van der Waals surface area contributed by atoms with E-state index in [9.17, 15) is 0 Å². The molecule has 0 aliphatic rings. The number of nitrogens with one attached hydrogen (secondary N) is 1. The first kappa shape index (κ1) is 15.0. The Morgan fingerprint density at radius 2 is 2.00 bits per heavy atom. The summed E-state index contributed by atoms with van der Waals surface area (Å²) < 4.78 is 2.59. The molecule has 2 aromatic rings. The Morgan fingerprint density at radius 1 is 1.30 bits per heavy atom. The molecule has 0 bridgehead atoms. The molecule has 2 aromatic heterocycles. The van der Waals surface area contributed by atoms with Crippen LogP contribution in [0.1, 0.15) is 39.2 Å². The summed E-state index contributed by atoms with van der Waals surface area (Å²) in [5.41, 5.74) is 1.92. The van der Waals surface area contributed by atoms with Crippen molar-refractivity contribution in [3.8, 4) is 0 Å². The van der Waals surface area contributed by atoms with Crippen LogP contribution in [-0.4, -0.2) is 19.7 Å². The first-order valence-electron chi connectivity index (χ1n) is 6.64. The molecule has 2 heterocycles. The molecule has 1 N–H and O–H groups in total. The number of halogens is 1. The molecule has 0 radical (unpaired) electrons. The van der Waals surface area contributed by atoms with Crippen molar-refractivity contribution in [3.05, 3.63) is 28.4 Å². The SMILES string of the molecule is CCc1nn(C)cc1Nc1cc(Br)nc(C(C)(C)C)n1. The third-order valence-corrected chi connectivity index (χ3v) is 3.27. The summed E-state index contributed by atoms with van der Waals surface area (Å²) in [5.74, 6) is 1.58. The van der Waals surface area contributed by atoms with Gasteiger partial charge in [0, 0.05) is 24.7 Å². The predicted molar refractivity (Wildman–Crippen MR) is 84.3 cm³/mol. The minimum atomic E-state index is -0.0945. The van der Waals surface area contributed by atoms with Crippen LogP contribution in [0.25, 0.3) is 0 Å². The molecule has 0 saturated heterocycles. The van der Waals surface area contributed by atoms with E-state index in [4.69, 9.17) is 0 Å². The lowest BCUT2D eigenvalue weighted by molar-refractivity contribution is 0.544. The summed E-state index contributed by atoms with van der Waals surface area (Å²) in [4.78, 5) is 9.03. The lowest BCUT2D eigenvalue weighted by atomic mass is 9.96. The number of aromatic nitrogens is 4. The second-order valence-electron chi connectivity index (χ2n) is 5.79. The van der Waals surface area contributed by atoms with Gasteiger partial charge in [0.25, 0.3) is 0 Å². The van der Waals surface area contributed by atoms with Crippen molar-refractivity contribution < 1.29 is 0 Å². The van der Waals surface area contributed by atoms with Crippen LogP contribution in [-0.2, 0) is 18.9 Å². The quantitative estimate of drug-likeness (QED) is 0.869. The van der Waals surface area contributed by atoms with Crippen molar-refractivity contribution in [2.75, 3.05) is 5.32 Å². The van der Waals surface area contributed by atoms with Gasteiger partial charge in [0.15, 0.2) is 0 Å². The summed E-state index contributed by atoms with van der Waals surface area (Å²) in [6.45, 7) is 8.38. The minimum Gasteiger partial charge on any atom is -0.337 e. The first-order valence-corrected chi connectivity index (χ1v) is 7.43. The molecule has 0 aliphatic carbocycles. The Morgan fingerprint density at radius 3 is 2.60 bits per heavy atom. The fraction of sp³-hybridized carbons (Fsp3) is 0.500. The lowest BCUT2D eigenvalue weighted by Crippen LogP contribution is -2.17. The van der Waals surface area contributed by atoms with Gasteiger partial charge in [-0.15, -0.1) is 0 Å². The topological polar surface area (TPSA) is 55.6 Å². The van der Waals surface area contributed by atoms with Gasteiger partial charge in [-0.3, -0.25) is 4.68 Å². The molecule has 0 aromatic carbocycles. The average molecular weight is 338 g/mol. The summed E-state index contributed by atoms with van der Waals surface area (Å²) >= 11 is 3.45. The molecule has 0 saturated carbocycles. The summed E-state index contributed by atoms with van der Waals surface area (Å²) in [5, 5.41) is 7.75. The van der Waals surface area contributed by atoms with Crippen molar-refractivity contribution >= 4 is 27.4 Å². The van der Waals surface area contributed by atoms with E-state index in [2.05, 4.69) is 64.0 Å². The lowest BCUT2D eigenvalue weighted by Gasteiger charge is -2.17. The molecular weight excluding hydrogens is 318 g/mol. The highest BCUT2D eigenvalue weighted by molar-refractivity contribution is 9.10. The monoisotopic (exact) mass is 337 g/mol. The van der Waals surface area contributed by atoms with E-state index in [1.165, 1.54) is 0 Å². The summed E-state index contributed by atoms with van der Waals surface area (Å²) in [6.07, 6.45) is 2.84. The predicted octanol–water partition coefficient (Wildman–Crippen LogP) is 3.58. The van der Waals surface area contributed by atoms with Gasteiger partial charge in [0.1, 0.15) is 16.2 Å². The Balaban J connectivity index is 2.36. The van der Waals surface area contributed by atoms with Gasteiger partial charge < -0.3 is 5.32 Å². The fourth-order valence-electron chi connectivity index (χ4n) is 1.86. The zero-order valence-electron chi connectivity index (χ0n) is 12.5. The number of nitrogens with zero attached hydrogens (tertiary/aromatic N) is 4. The first-order chi connectivity index (χ1) is 9.29. The van der Waals surface area contributed by atoms with Crippen molar-refractivity contribution in [2.24, 2.45) is 7.05 Å².